The average Bonchev–Trinajstić information content (AvgIpc) is 3.77. The van der Waals surface area contributed by atoms with Crippen LogP contribution in [0.15, 0.2) is 12.2 Å². The van der Waals surface area contributed by atoms with Gasteiger partial charge in [-0.05, 0) is 70.6 Å². The van der Waals surface area contributed by atoms with Gasteiger partial charge in [-0.1, -0.05) is 175 Å². The minimum Gasteiger partial charge on any atom is -0.395 e. The zero-order valence-electron chi connectivity index (χ0n) is 47.9. The fourth-order valence-corrected chi connectivity index (χ4v) is 10.6. The third-order valence-electron chi connectivity index (χ3n) is 15.4. The van der Waals surface area contributed by atoms with E-state index in [-0.39, 0.29) is 43.6 Å². The summed E-state index contributed by atoms with van der Waals surface area (Å²) < 4.78 is 6.26. The molecule has 434 valence electrons. The molecule has 11 atom stereocenters. The molecule has 16 nitrogen and oxygen atoms in total. The number of unbranched alkanes of at least 4 members (excludes halogenated alkanes) is 22. The number of hydrogen-bond donors (Lipinski definition) is 8. The number of hydrogen-bond acceptors (Lipinski definition) is 11. The quantitative estimate of drug-likeness (QED) is 0.0213. The third kappa shape index (κ3) is 27.6. The number of aliphatic hydroxyl groups excluding tert-OH is 3. The molecule has 0 aromatic heterocycles. The van der Waals surface area contributed by atoms with Gasteiger partial charge in [-0.25, -0.2) is 0 Å². The number of aliphatic hydroxyl groups is 3. The lowest BCUT2D eigenvalue weighted by molar-refractivity contribution is -0.163. The minimum atomic E-state index is -1.39. The smallest absolute Gasteiger partial charge is 0.248 e. The average molecular weight is 1060 g/mol. The molecule has 0 unspecified atom stereocenters. The number of likely N-dealkylation sites (tertiary alicyclic amines) is 1. The van der Waals surface area contributed by atoms with Crippen LogP contribution in [0.4, 0.5) is 0 Å². The lowest BCUT2D eigenvalue weighted by Gasteiger charge is -2.42. The topological polar surface area (TPSA) is 250 Å². The predicted octanol–water partition coefficient (Wildman–Crippen LogP) is 8.35. The van der Waals surface area contributed by atoms with Gasteiger partial charge < -0.3 is 46.6 Å². The Bertz CT molecular complexity index is 1650. The summed E-state index contributed by atoms with van der Waals surface area (Å²) in [6, 6.07) is -4.97. The number of Topliss-reactive ketones (excluding diaryl/α,β-unsaturated/α-hetero) is 1. The summed E-state index contributed by atoms with van der Waals surface area (Å²) in [6.45, 7) is 12.9. The highest BCUT2D eigenvalue weighted by atomic mass is 16.5. The fraction of sp³-hybridized carbons (Fsp3) is 0.864. The van der Waals surface area contributed by atoms with Crippen molar-refractivity contribution < 1.29 is 48.8 Å². The number of amides is 5. The monoisotopic (exact) mass is 1060 g/mol. The Hall–Kier alpha value is -3.44. The Morgan fingerprint density at radius 3 is 1.73 bits per heavy atom. The lowest BCUT2D eigenvalue weighted by atomic mass is 9.87. The van der Waals surface area contributed by atoms with E-state index in [0.717, 1.165) is 64.2 Å². The van der Waals surface area contributed by atoms with E-state index in [9.17, 15) is 44.1 Å². The molecular formula is C59H108N6O10. The molecule has 2 saturated heterocycles. The maximum Gasteiger partial charge on any atom is 0.248 e. The number of nitrogens with two attached hydrogens (primary N) is 1. The molecule has 2 rings (SSSR count). The van der Waals surface area contributed by atoms with Crippen LogP contribution in [0.25, 0.3) is 0 Å². The summed E-state index contributed by atoms with van der Waals surface area (Å²) in [6.07, 6.45) is 30.5. The van der Waals surface area contributed by atoms with Crippen LogP contribution in [0.3, 0.4) is 0 Å². The van der Waals surface area contributed by atoms with Gasteiger partial charge in [0, 0.05) is 25.3 Å². The zero-order chi connectivity index (χ0) is 55.5. The molecule has 9 N–H and O–H groups in total. The summed E-state index contributed by atoms with van der Waals surface area (Å²) in [5, 5.41) is 43.2. The number of ketones is 1. The lowest BCUT2D eigenvalue weighted by Crippen LogP contribution is -2.65. The standard InChI is InChI=1S/C59H108N6O10/c1-8-10-12-14-16-18-20-22-23-24-26-28-30-32-34-36-53(70)64-54(45(7)67)59(74)65-40-43(5)37-49(65)50(68)38-46(42(3)4)56(72)62-47(39-52(60)69)57(73)61-44(6)58-63-48(41-66)55(71)51(75-58)35-33-31-29-27-25-21-19-17-15-13-11-9-2/h22-23,42-49,51,54-55,58,63,66-67,71H,8-21,24-41H2,1-7H3,(H2,60,69)(H,61,73)(H,62,72)(H,64,70)/b23-22-/t43-,44+,45-,46+,47+,48+,49+,51-,54+,55+,58+/m1/s1. The summed E-state index contributed by atoms with van der Waals surface area (Å²) in [5.41, 5.74) is 5.58. The van der Waals surface area contributed by atoms with Crippen molar-refractivity contribution in [3.63, 3.8) is 0 Å². The molecule has 0 bridgehead atoms. The van der Waals surface area contributed by atoms with Gasteiger partial charge in [-0.2, -0.15) is 0 Å². The number of nitrogens with zero attached hydrogens (tertiary/aromatic N) is 1. The van der Waals surface area contributed by atoms with Crippen molar-refractivity contribution >= 4 is 35.3 Å². The Morgan fingerprint density at radius 1 is 0.707 bits per heavy atom. The number of allylic oxidation sites excluding steroid dienone is 2. The molecule has 2 heterocycles. The first-order valence-electron chi connectivity index (χ1n) is 30.0. The van der Waals surface area contributed by atoms with E-state index < -0.39 is 96.6 Å². The Morgan fingerprint density at radius 2 is 1.23 bits per heavy atom. The van der Waals surface area contributed by atoms with Crippen molar-refractivity contribution in [1.82, 2.24) is 26.2 Å². The molecule has 16 heteroatoms. The molecule has 0 aromatic rings. The first-order valence-corrected chi connectivity index (χ1v) is 30.0. The second-order valence-electron chi connectivity index (χ2n) is 22.7. The van der Waals surface area contributed by atoms with E-state index in [2.05, 4.69) is 47.3 Å². The zero-order valence-corrected chi connectivity index (χ0v) is 47.9. The highest BCUT2D eigenvalue weighted by Gasteiger charge is 2.44. The van der Waals surface area contributed by atoms with Gasteiger partial charge in [0.2, 0.25) is 29.5 Å². The molecule has 0 radical (unpaired) electrons. The largest absolute Gasteiger partial charge is 0.395 e. The van der Waals surface area contributed by atoms with Crippen molar-refractivity contribution in [3.05, 3.63) is 12.2 Å². The number of nitrogens with one attached hydrogen (secondary N) is 4. The molecule has 5 amide bonds. The highest BCUT2D eigenvalue weighted by molar-refractivity contribution is 5.97. The van der Waals surface area contributed by atoms with Crippen LogP contribution >= 0.6 is 0 Å². The first-order chi connectivity index (χ1) is 35.9. The van der Waals surface area contributed by atoms with Crippen LogP contribution in [0.5, 0.6) is 0 Å². The number of carbonyl (C=O) groups excluding carboxylic acids is 6. The molecule has 0 saturated carbocycles. The fourth-order valence-electron chi connectivity index (χ4n) is 10.6. The Kier molecular flexibility index (Phi) is 36.0. The van der Waals surface area contributed by atoms with Gasteiger partial charge in [-0.15, -0.1) is 0 Å². The van der Waals surface area contributed by atoms with Gasteiger partial charge in [0.1, 0.15) is 18.3 Å². The van der Waals surface area contributed by atoms with Crippen LogP contribution < -0.4 is 27.0 Å². The van der Waals surface area contributed by atoms with E-state index in [1.807, 2.05) is 6.92 Å². The minimum absolute atomic E-state index is 0.0655. The van der Waals surface area contributed by atoms with Crippen molar-refractivity contribution in [3.8, 4) is 0 Å². The highest BCUT2D eigenvalue weighted by Crippen LogP contribution is 2.29. The van der Waals surface area contributed by atoms with Gasteiger partial charge in [-0.3, -0.25) is 34.1 Å². The molecule has 2 aliphatic rings. The number of ether oxygens (including phenoxy) is 1. The van der Waals surface area contributed by atoms with E-state index in [4.69, 9.17) is 10.5 Å². The maximum atomic E-state index is 14.2. The molecule has 2 aliphatic heterocycles. The van der Waals surface area contributed by atoms with Crippen LogP contribution in [-0.2, 0) is 33.5 Å². The molecular weight excluding hydrogens is 953 g/mol. The van der Waals surface area contributed by atoms with Crippen LogP contribution in [-0.4, -0.2) is 123 Å². The van der Waals surface area contributed by atoms with E-state index in [0.29, 0.717) is 19.3 Å². The second kappa shape index (κ2) is 39.9. The van der Waals surface area contributed by atoms with Crippen LogP contribution in [0.1, 0.15) is 241 Å². The summed E-state index contributed by atoms with van der Waals surface area (Å²) in [4.78, 5) is 82.9. The molecule has 2 fully saturated rings. The molecule has 0 spiro atoms. The predicted molar refractivity (Wildman–Crippen MR) is 298 cm³/mol. The van der Waals surface area contributed by atoms with E-state index in [1.54, 1.807) is 20.8 Å². The Balaban J connectivity index is 1.94. The van der Waals surface area contributed by atoms with Crippen molar-refractivity contribution in [1.29, 1.82) is 0 Å². The molecule has 0 aromatic carbocycles. The summed E-state index contributed by atoms with van der Waals surface area (Å²) in [5.74, 6) is -4.85. The van der Waals surface area contributed by atoms with Crippen LogP contribution in [0, 0.1) is 17.8 Å². The molecule has 75 heavy (non-hydrogen) atoms. The van der Waals surface area contributed by atoms with Gasteiger partial charge in [0.05, 0.1) is 49.5 Å². The third-order valence-corrected chi connectivity index (χ3v) is 15.4. The number of rotatable bonds is 43. The Labute approximate surface area is 453 Å². The van der Waals surface area contributed by atoms with Crippen molar-refractivity contribution in [2.45, 2.75) is 296 Å². The number of carbonyl (C=O) groups is 6. The summed E-state index contributed by atoms with van der Waals surface area (Å²) in [7, 11) is 0. The van der Waals surface area contributed by atoms with Gasteiger partial charge in [0.25, 0.3) is 0 Å². The van der Waals surface area contributed by atoms with E-state index in [1.165, 1.54) is 102 Å². The second-order valence-corrected chi connectivity index (χ2v) is 22.7. The van der Waals surface area contributed by atoms with Gasteiger partial charge >= 0.3 is 0 Å². The normalized spacial score (nSPS) is 21.9. The van der Waals surface area contributed by atoms with Crippen LogP contribution in [0.2, 0.25) is 0 Å². The number of primary amides is 1. The van der Waals surface area contributed by atoms with Crippen molar-refractivity contribution in [2.24, 2.45) is 23.5 Å². The maximum absolute atomic E-state index is 14.2. The van der Waals surface area contributed by atoms with E-state index >= 15 is 0 Å². The first kappa shape index (κ1) is 67.7. The SMILES string of the molecule is CCCCCCCC/C=C\CCCCCCCC(=O)N[C@H](C(=O)N1C[C@H](C)C[C@H]1C(=O)C[C@H](C(=O)N[C@@H](CC(N)=O)C(=O)N[C@@H](C)[C@H]1N[C@@H](CO)[C@H](O)[C@@H](CCCCCCCCCCCCCC)O1)C(C)C)[C@@H](C)O. The molecule has 0 aliphatic carbocycles. The summed E-state index contributed by atoms with van der Waals surface area (Å²) >= 11 is 0. The van der Waals surface area contributed by atoms with Gasteiger partial charge in [0.15, 0.2) is 5.78 Å². The van der Waals surface area contributed by atoms with Crippen molar-refractivity contribution in [2.75, 3.05) is 13.2 Å².